The van der Waals surface area contributed by atoms with E-state index in [1.165, 1.54) is 11.3 Å². The van der Waals surface area contributed by atoms with Crippen molar-refractivity contribution in [1.29, 1.82) is 0 Å². The highest BCUT2D eigenvalue weighted by Gasteiger charge is 2.24. The highest BCUT2D eigenvalue weighted by Crippen LogP contribution is 2.21. The van der Waals surface area contributed by atoms with Gasteiger partial charge in [0.25, 0.3) is 0 Å². The molecule has 2 heterocycles. The van der Waals surface area contributed by atoms with Gasteiger partial charge in [-0.1, -0.05) is 0 Å². The lowest BCUT2D eigenvalue weighted by Crippen LogP contribution is -2.53. The Balaban J connectivity index is 0.00000280. The minimum atomic E-state index is 0. The zero-order valence-corrected chi connectivity index (χ0v) is 20.4. The summed E-state index contributed by atoms with van der Waals surface area (Å²) in [7, 11) is 4.06. The van der Waals surface area contributed by atoms with Crippen molar-refractivity contribution >= 4 is 29.9 Å². The lowest BCUT2D eigenvalue weighted by atomic mass is 9.94. The molecule has 1 aromatic heterocycles. The monoisotopic (exact) mass is 503 g/mol. The average Bonchev–Trinajstić information content (AvgIpc) is 3.09. The van der Waals surface area contributed by atoms with E-state index in [4.69, 9.17) is 5.10 Å². The number of hydrogen-bond donors (Lipinski definition) is 2. The number of nitrogens with zero attached hydrogens (tertiary/aromatic N) is 5. The van der Waals surface area contributed by atoms with Crippen molar-refractivity contribution in [3.63, 3.8) is 0 Å². The van der Waals surface area contributed by atoms with Gasteiger partial charge in [0.2, 0.25) is 0 Å². The highest BCUT2D eigenvalue weighted by atomic mass is 127. The van der Waals surface area contributed by atoms with Gasteiger partial charge in [-0.3, -0.25) is 14.6 Å². The van der Waals surface area contributed by atoms with Crippen LogP contribution in [0.1, 0.15) is 44.5 Å². The smallest absolute Gasteiger partial charge is 0.191 e. The largest absolute Gasteiger partial charge is 0.355 e. The first-order chi connectivity index (χ1) is 13.0. The summed E-state index contributed by atoms with van der Waals surface area (Å²) in [6.45, 7) is 12.2. The molecule has 8 heteroatoms. The maximum absolute atomic E-state index is 4.78. The molecule has 1 aliphatic carbocycles. The van der Waals surface area contributed by atoms with Crippen LogP contribution in [-0.4, -0.2) is 84.4 Å². The molecule has 0 aromatic carbocycles. The first-order valence-electron chi connectivity index (χ1n) is 10.4. The normalized spacial score (nSPS) is 22.5. The summed E-state index contributed by atoms with van der Waals surface area (Å²) in [5.74, 6) is 0.910. The molecule has 0 radical (unpaired) electrons. The number of fused-ring (bicyclic) bond motifs is 1. The molecule has 160 valence electrons. The Labute approximate surface area is 187 Å². The summed E-state index contributed by atoms with van der Waals surface area (Å²) in [4.78, 5) is 9.40. The van der Waals surface area contributed by atoms with Crippen molar-refractivity contribution in [2.24, 2.45) is 4.99 Å². The van der Waals surface area contributed by atoms with Crippen LogP contribution >= 0.6 is 24.0 Å². The Morgan fingerprint density at radius 1 is 1.25 bits per heavy atom. The Hall–Kier alpha value is -0.870. The maximum atomic E-state index is 4.78. The van der Waals surface area contributed by atoms with E-state index in [9.17, 15) is 0 Å². The van der Waals surface area contributed by atoms with E-state index in [0.717, 1.165) is 57.9 Å². The first-order valence-corrected chi connectivity index (χ1v) is 10.4. The molecule has 1 fully saturated rings. The number of rotatable bonds is 5. The Bertz CT molecular complexity index is 634. The summed E-state index contributed by atoms with van der Waals surface area (Å²) >= 11 is 0. The molecule has 0 saturated carbocycles. The number of aromatic nitrogens is 2. The van der Waals surface area contributed by atoms with Gasteiger partial charge in [-0.15, -0.1) is 24.0 Å². The van der Waals surface area contributed by atoms with Gasteiger partial charge in [-0.05, 0) is 46.2 Å². The van der Waals surface area contributed by atoms with Crippen LogP contribution in [-0.2, 0) is 12.8 Å². The fourth-order valence-corrected chi connectivity index (χ4v) is 3.92. The minimum absolute atomic E-state index is 0. The summed E-state index contributed by atoms with van der Waals surface area (Å²) in [6, 6.07) is 1.34. The molecule has 3 rings (SSSR count). The zero-order chi connectivity index (χ0) is 19.4. The van der Waals surface area contributed by atoms with Crippen LogP contribution in [0.3, 0.4) is 0 Å². The zero-order valence-electron chi connectivity index (χ0n) is 18.1. The molecular weight excluding hydrogens is 465 g/mol. The Morgan fingerprint density at radius 3 is 2.61 bits per heavy atom. The molecule has 2 aliphatic rings. The van der Waals surface area contributed by atoms with E-state index >= 15 is 0 Å². The Kier molecular flexibility index (Phi) is 9.01. The number of hydrogen-bond acceptors (Lipinski definition) is 4. The average molecular weight is 503 g/mol. The van der Waals surface area contributed by atoms with Crippen molar-refractivity contribution in [2.45, 2.75) is 58.2 Å². The van der Waals surface area contributed by atoms with Crippen LogP contribution in [0.25, 0.3) is 0 Å². The van der Waals surface area contributed by atoms with Gasteiger partial charge < -0.3 is 15.5 Å². The van der Waals surface area contributed by atoms with E-state index in [-0.39, 0.29) is 24.0 Å². The van der Waals surface area contributed by atoms with E-state index < -0.39 is 0 Å². The third-order valence-corrected chi connectivity index (χ3v) is 5.92. The summed E-state index contributed by atoms with van der Waals surface area (Å²) in [5.41, 5.74) is 2.65. The third-order valence-electron chi connectivity index (χ3n) is 5.92. The van der Waals surface area contributed by atoms with Crippen molar-refractivity contribution in [1.82, 2.24) is 30.2 Å². The maximum Gasteiger partial charge on any atom is 0.191 e. The van der Waals surface area contributed by atoms with Crippen molar-refractivity contribution < 1.29 is 0 Å². The van der Waals surface area contributed by atoms with Gasteiger partial charge in [0.05, 0.1) is 5.69 Å². The lowest BCUT2D eigenvalue weighted by Gasteiger charge is -2.36. The number of nitrogens with one attached hydrogen (secondary N) is 2. The number of guanidine groups is 1. The van der Waals surface area contributed by atoms with Gasteiger partial charge in [0.1, 0.15) is 0 Å². The van der Waals surface area contributed by atoms with Crippen LogP contribution in [0.5, 0.6) is 0 Å². The predicted molar refractivity (Wildman–Crippen MR) is 127 cm³/mol. The number of aliphatic imine (C=N–C) groups is 1. The second-order valence-corrected chi connectivity index (χ2v) is 8.40. The molecule has 1 aliphatic heterocycles. The molecule has 28 heavy (non-hydrogen) atoms. The van der Waals surface area contributed by atoms with E-state index in [1.807, 2.05) is 7.05 Å². The van der Waals surface area contributed by atoms with Gasteiger partial charge in [-0.2, -0.15) is 5.10 Å². The van der Waals surface area contributed by atoms with Crippen LogP contribution in [0, 0.1) is 0 Å². The highest BCUT2D eigenvalue weighted by molar-refractivity contribution is 14.0. The standard InChI is InChI=1S/C20H37N7.HI/c1-15(2)27-14-17-6-7-18(12-19(17)24-27)23-20(21-4)22-13-16(3)26-10-8-25(5)9-11-26;/h14-16,18H,6-13H2,1-5H3,(H2,21,22,23);1H. The predicted octanol–water partition coefficient (Wildman–Crippen LogP) is 1.74. The number of halogens is 1. The van der Waals surface area contributed by atoms with Crippen LogP contribution < -0.4 is 10.6 Å². The number of likely N-dealkylation sites (N-methyl/N-ethyl adjacent to an activating group) is 1. The quantitative estimate of drug-likeness (QED) is 0.364. The van der Waals surface area contributed by atoms with Crippen molar-refractivity contribution in [2.75, 3.05) is 46.8 Å². The van der Waals surface area contributed by atoms with E-state index in [2.05, 4.69) is 64.1 Å². The van der Waals surface area contributed by atoms with Crippen LogP contribution in [0.15, 0.2) is 11.2 Å². The summed E-state index contributed by atoms with van der Waals surface area (Å²) in [5, 5.41) is 11.9. The van der Waals surface area contributed by atoms with Gasteiger partial charge in [0, 0.05) is 70.5 Å². The van der Waals surface area contributed by atoms with Gasteiger partial charge in [0.15, 0.2) is 5.96 Å². The van der Waals surface area contributed by atoms with Crippen LogP contribution in [0.2, 0.25) is 0 Å². The fourth-order valence-electron chi connectivity index (χ4n) is 3.92. The molecular formula is C20H38IN7. The van der Waals surface area contributed by atoms with E-state index in [0.29, 0.717) is 18.1 Å². The van der Waals surface area contributed by atoms with Crippen LogP contribution in [0.4, 0.5) is 0 Å². The molecule has 2 unspecified atom stereocenters. The Morgan fingerprint density at radius 2 is 1.96 bits per heavy atom. The summed E-state index contributed by atoms with van der Waals surface area (Å²) in [6.07, 6.45) is 5.42. The second-order valence-electron chi connectivity index (χ2n) is 8.40. The fraction of sp³-hybridized carbons (Fsp3) is 0.800. The first kappa shape index (κ1) is 23.4. The summed E-state index contributed by atoms with van der Waals surface area (Å²) < 4.78 is 2.10. The van der Waals surface area contributed by atoms with Crippen molar-refractivity contribution in [3.05, 3.63) is 17.5 Å². The lowest BCUT2D eigenvalue weighted by molar-refractivity contribution is 0.120. The minimum Gasteiger partial charge on any atom is -0.355 e. The molecule has 7 nitrogen and oxygen atoms in total. The number of piperazine rings is 1. The van der Waals surface area contributed by atoms with E-state index in [1.54, 1.807) is 0 Å². The molecule has 0 spiro atoms. The van der Waals surface area contributed by atoms with Gasteiger partial charge >= 0.3 is 0 Å². The third kappa shape index (κ3) is 6.06. The topological polar surface area (TPSA) is 60.7 Å². The molecule has 0 bridgehead atoms. The van der Waals surface area contributed by atoms with Crippen molar-refractivity contribution in [3.8, 4) is 0 Å². The SMILES string of the molecule is CN=C(NCC(C)N1CCN(C)CC1)NC1CCc2cn(C(C)C)nc2C1.I. The molecule has 1 saturated heterocycles. The molecule has 0 amide bonds. The second kappa shape index (κ2) is 10.8. The molecule has 2 N–H and O–H groups in total. The molecule has 2 atom stereocenters. The number of aryl methyl sites for hydroxylation is 1. The molecule has 1 aromatic rings. The van der Waals surface area contributed by atoms with Gasteiger partial charge in [-0.25, -0.2) is 0 Å².